The molecule has 0 spiro atoms. The number of pyridine rings is 1. The quantitative estimate of drug-likeness (QED) is 0.233. The summed E-state index contributed by atoms with van der Waals surface area (Å²) in [7, 11) is 0. The van der Waals surface area contributed by atoms with Gasteiger partial charge < -0.3 is 31.9 Å². The molecule has 246 valence electrons. The lowest BCUT2D eigenvalue weighted by molar-refractivity contribution is -0.193. The molecule has 44 heavy (non-hydrogen) atoms. The van der Waals surface area contributed by atoms with Gasteiger partial charge in [0.25, 0.3) is 0 Å². The molecule has 2 aromatic heterocycles. The van der Waals surface area contributed by atoms with Gasteiger partial charge in [0.2, 0.25) is 11.8 Å². The highest BCUT2D eigenvalue weighted by atomic mass is 35.5. The number of nitrogens with zero attached hydrogens (tertiary/aromatic N) is 1. The van der Waals surface area contributed by atoms with Crippen LogP contribution in [0.5, 0.6) is 0 Å². The first-order chi connectivity index (χ1) is 20.1. The number of amides is 2. The molecule has 20 heteroatoms. The van der Waals surface area contributed by atoms with Crippen LogP contribution in [-0.4, -0.2) is 69.9 Å². The van der Waals surface area contributed by atoms with Gasteiger partial charge in [0, 0.05) is 17.1 Å². The summed E-state index contributed by atoms with van der Waals surface area (Å²) in [6, 6.07) is 4.44. The van der Waals surface area contributed by atoms with Crippen LogP contribution in [0.25, 0.3) is 0 Å². The van der Waals surface area contributed by atoms with Crippen molar-refractivity contribution in [1.29, 1.82) is 0 Å². The number of carboxylic acids is 2. The molecular formula is C24H27Cl2F6N5O6S. The van der Waals surface area contributed by atoms with E-state index in [-0.39, 0.29) is 17.9 Å². The molecule has 1 aliphatic heterocycles. The van der Waals surface area contributed by atoms with Gasteiger partial charge in [-0.2, -0.15) is 26.3 Å². The number of nitrogens with one attached hydrogen (secondary N) is 3. The maximum absolute atomic E-state index is 12.6. The van der Waals surface area contributed by atoms with Gasteiger partial charge in [-0.05, 0) is 56.8 Å². The van der Waals surface area contributed by atoms with Crippen LogP contribution >= 0.6 is 34.5 Å². The van der Waals surface area contributed by atoms with Crippen molar-refractivity contribution in [2.24, 2.45) is 5.92 Å². The Hall–Kier alpha value is -3.35. The van der Waals surface area contributed by atoms with E-state index in [2.05, 4.69) is 20.9 Å². The first kappa shape index (κ1) is 38.7. The lowest BCUT2D eigenvalue weighted by Gasteiger charge is -2.17. The van der Waals surface area contributed by atoms with Crippen molar-refractivity contribution in [3.63, 3.8) is 0 Å². The molecule has 0 aromatic carbocycles. The topological polar surface area (TPSA) is 184 Å². The van der Waals surface area contributed by atoms with E-state index in [0.29, 0.717) is 34.1 Å². The van der Waals surface area contributed by atoms with E-state index < -0.39 is 30.3 Å². The number of rotatable bonds is 7. The third-order valence-electron chi connectivity index (χ3n) is 5.63. The number of hydrogen-bond acceptors (Lipinski definition) is 8. The standard InChI is InChI=1S/C20H25Cl2N5O2S.2C2HF3O2/c1-10-13(3-4-17(23)26-10)9-25-19(28)11(2)27-20(29)16-6-12(8-24-16)5-14-7-15(21)18(22)30-14;2*3-2(4,5)1(6)7/h3-4,7,11-12,16,24H,5-6,8-9H2,1-2H3,(H2,23,26)(H,25,28)(H,27,29);2*(H,6,7)/t11-,12-,16+;;/m0../s1. The van der Waals surface area contributed by atoms with E-state index in [1.54, 1.807) is 13.0 Å². The van der Waals surface area contributed by atoms with E-state index in [9.17, 15) is 35.9 Å². The molecule has 0 saturated carbocycles. The molecule has 1 saturated heterocycles. The first-order valence-electron chi connectivity index (χ1n) is 12.2. The molecular weight excluding hydrogens is 671 g/mol. The first-order valence-corrected chi connectivity index (χ1v) is 13.8. The van der Waals surface area contributed by atoms with E-state index in [0.717, 1.165) is 29.1 Å². The molecule has 3 rings (SSSR count). The molecule has 1 fully saturated rings. The highest BCUT2D eigenvalue weighted by molar-refractivity contribution is 7.16. The second-order valence-corrected chi connectivity index (χ2v) is 11.3. The van der Waals surface area contributed by atoms with Crippen molar-refractivity contribution in [3.8, 4) is 0 Å². The van der Waals surface area contributed by atoms with E-state index >= 15 is 0 Å². The van der Waals surface area contributed by atoms with Crippen LogP contribution in [0.4, 0.5) is 32.2 Å². The number of aryl methyl sites for hydroxylation is 1. The van der Waals surface area contributed by atoms with Crippen molar-refractivity contribution in [2.45, 2.75) is 57.7 Å². The summed E-state index contributed by atoms with van der Waals surface area (Å²) in [5.74, 6) is -5.18. The van der Waals surface area contributed by atoms with Crippen LogP contribution in [0, 0.1) is 12.8 Å². The van der Waals surface area contributed by atoms with Crippen molar-refractivity contribution in [3.05, 3.63) is 43.7 Å². The maximum atomic E-state index is 12.6. The summed E-state index contributed by atoms with van der Waals surface area (Å²) in [6.07, 6.45) is -8.65. The van der Waals surface area contributed by atoms with Crippen LogP contribution in [0.2, 0.25) is 9.36 Å². The van der Waals surface area contributed by atoms with Gasteiger partial charge in [0.05, 0.1) is 11.1 Å². The molecule has 2 amide bonds. The summed E-state index contributed by atoms with van der Waals surface area (Å²) < 4.78 is 64.1. The number of carbonyl (C=O) groups is 4. The summed E-state index contributed by atoms with van der Waals surface area (Å²) in [5.41, 5.74) is 7.29. The second-order valence-electron chi connectivity index (χ2n) is 9.14. The third-order valence-corrected chi connectivity index (χ3v) is 7.52. The number of halogens is 8. The van der Waals surface area contributed by atoms with Gasteiger partial charge in [0.15, 0.2) is 0 Å². The van der Waals surface area contributed by atoms with E-state index in [4.69, 9.17) is 48.7 Å². The van der Waals surface area contributed by atoms with Gasteiger partial charge in [-0.3, -0.25) is 9.59 Å². The lowest BCUT2D eigenvalue weighted by atomic mass is 10.0. The minimum absolute atomic E-state index is 0.173. The zero-order valence-corrected chi connectivity index (χ0v) is 25.1. The Morgan fingerprint density at radius 1 is 1.11 bits per heavy atom. The molecule has 0 aliphatic carbocycles. The lowest BCUT2D eigenvalue weighted by Crippen LogP contribution is -2.50. The smallest absolute Gasteiger partial charge is 0.475 e. The third kappa shape index (κ3) is 13.5. The normalized spacial score (nSPS) is 16.9. The van der Waals surface area contributed by atoms with Gasteiger partial charge in [-0.15, -0.1) is 11.3 Å². The number of carbonyl (C=O) groups excluding carboxylic acids is 2. The minimum Gasteiger partial charge on any atom is -0.475 e. The Balaban J connectivity index is 0.000000574. The Morgan fingerprint density at radius 2 is 1.66 bits per heavy atom. The maximum Gasteiger partial charge on any atom is 0.490 e. The molecule has 3 atom stereocenters. The van der Waals surface area contributed by atoms with Crippen LogP contribution in [-0.2, 0) is 32.1 Å². The molecule has 7 N–H and O–H groups in total. The molecule has 1 aliphatic rings. The summed E-state index contributed by atoms with van der Waals surface area (Å²) in [5, 5.41) is 23.7. The van der Waals surface area contributed by atoms with Gasteiger partial charge >= 0.3 is 24.3 Å². The Kier molecular flexibility index (Phi) is 14.6. The SMILES string of the molecule is Cc1nc(N)ccc1CNC(=O)[C@H](C)NC(=O)[C@H]1C[C@H](Cc2cc(Cl)c(Cl)s2)CN1.O=C(O)C(F)(F)F.O=C(O)C(F)(F)F. The highest BCUT2D eigenvalue weighted by Crippen LogP contribution is 2.34. The largest absolute Gasteiger partial charge is 0.490 e. The van der Waals surface area contributed by atoms with Crippen molar-refractivity contribution in [1.82, 2.24) is 20.9 Å². The minimum atomic E-state index is -5.08. The average molecular weight is 698 g/mol. The van der Waals surface area contributed by atoms with Crippen molar-refractivity contribution in [2.75, 3.05) is 12.3 Å². The Labute approximate surface area is 260 Å². The Morgan fingerprint density at radius 3 is 2.11 bits per heavy atom. The molecule has 11 nitrogen and oxygen atoms in total. The Bertz CT molecular complexity index is 1280. The van der Waals surface area contributed by atoms with Crippen LogP contribution < -0.4 is 21.7 Å². The number of nitrogen functional groups attached to an aromatic ring is 1. The molecule has 0 bridgehead atoms. The number of hydrogen-bond donors (Lipinski definition) is 6. The van der Waals surface area contributed by atoms with Crippen molar-refractivity contribution < 1.29 is 55.7 Å². The number of alkyl halides is 6. The molecule has 0 unspecified atom stereocenters. The predicted molar refractivity (Wildman–Crippen MR) is 148 cm³/mol. The van der Waals surface area contributed by atoms with Gasteiger partial charge in [0.1, 0.15) is 16.2 Å². The summed E-state index contributed by atoms with van der Waals surface area (Å²) in [6.45, 7) is 4.57. The van der Waals surface area contributed by atoms with E-state index in [1.165, 1.54) is 11.3 Å². The summed E-state index contributed by atoms with van der Waals surface area (Å²) in [4.78, 5) is 48.0. The monoisotopic (exact) mass is 697 g/mol. The second kappa shape index (κ2) is 16.6. The van der Waals surface area contributed by atoms with Crippen LogP contribution in [0.15, 0.2) is 18.2 Å². The number of aliphatic carboxylic acids is 2. The molecule has 0 radical (unpaired) electrons. The number of thiophene rings is 1. The fraction of sp³-hybridized carbons (Fsp3) is 0.458. The number of carboxylic acid groups (broad SMARTS) is 2. The molecule has 3 heterocycles. The zero-order valence-electron chi connectivity index (χ0n) is 22.8. The highest BCUT2D eigenvalue weighted by Gasteiger charge is 2.39. The number of anilines is 1. The summed E-state index contributed by atoms with van der Waals surface area (Å²) >= 11 is 13.5. The number of nitrogens with two attached hydrogens (primary N) is 1. The fourth-order valence-electron chi connectivity index (χ4n) is 3.45. The van der Waals surface area contributed by atoms with Gasteiger partial charge in [-0.25, -0.2) is 14.6 Å². The van der Waals surface area contributed by atoms with Crippen LogP contribution in [0.3, 0.4) is 0 Å². The zero-order chi connectivity index (χ0) is 34.0. The fourth-order valence-corrected chi connectivity index (χ4v) is 5.00. The van der Waals surface area contributed by atoms with Crippen LogP contribution in [0.1, 0.15) is 29.5 Å². The average Bonchev–Trinajstić information content (AvgIpc) is 3.48. The molecule has 2 aromatic rings. The predicted octanol–water partition coefficient (Wildman–Crippen LogP) is 3.95. The van der Waals surface area contributed by atoms with E-state index in [1.807, 2.05) is 19.1 Å². The van der Waals surface area contributed by atoms with Gasteiger partial charge in [-0.1, -0.05) is 29.3 Å². The number of aromatic nitrogens is 1. The van der Waals surface area contributed by atoms with Crippen molar-refractivity contribution >= 4 is 64.1 Å².